The van der Waals surface area contributed by atoms with Gasteiger partial charge < -0.3 is 19.0 Å². The van der Waals surface area contributed by atoms with Crippen LogP contribution < -0.4 is 9.47 Å². The summed E-state index contributed by atoms with van der Waals surface area (Å²) in [5, 5.41) is 14.7. The zero-order valence-corrected chi connectivity index (χ0v) is 15.5. The average molecular weight is 386 g/mol. The van der Waals surface area contributed by atoms with Gasteiger partial charge in [-0.2, -0.15) is 0 Å². The molecule has 0 aliphatic carbocycles. The SMILES string of the molecule is COc1ccc2c(c1OC)COC(C)/C2=N/OC(=O)c1ccc([N+](=O)[O-])cc1. The van der Waals surface area contributed by atoms with Crippen LogP contribution >= 0.6 is 0 Å². The highest BCUT2D eigenvalue weighted by Gasteiger charge is 2.28. The lowest BCUT2D eigenvalue weighted by Crippen LogP contribution is -2.29. The van der Waals surface area contributed by atoms with E-state index in [1.807, 2.05) is 0 Å². The lowest BCUT2D eigenvalue weighted by Gasteiger charge is -2.26. The van der Waals surface area contributed by atoms with Crippen molar-refractivity contribution in [2.75, 3.05) is 14.2 Å². The summed E-state index contributed by atoms with van der Waals surface area (Å²) < 4.78 is 16.4. The Balaban J connectivity index is 1.88. The highest BCUT2D eigenvalue weighted by molar-refractivity contribution is 6.06. The Morgan fingerprint density at radius 1 is 1.18 bits per heavy atom. The third-order valence-electron chi connectivity index (χ3n) is 4.33. The van der Waals surface area contributed by atoms with Crippen molar-refractivity contribution in [2.45, 2.75) is 19.6 Å². The summed E-state index contributed by atoms with van der Waals surface area (Å²) in [6.07, 6.45) is -0.407. The Labute approximate surface area is 160 Å². The van der Waals surface area contributed by atoms with Crippen molar-refractivity contribution < 1.29 is 28.8 Å². The molecule has 0 fully saturated rings. The zero-order chi connectivity index (χ0) is 20.3. The number of hydrogen-bond donors (Lipinski definition) is 0. The number of carbonyl (C=O) groups is 1. The van der Waals surface area contributed by atoms with Gasteiger partial charge in [-0.25, -0.2) is 4.79 Å². The second-order valence-corrected chi connectivity index (χ2v) is 5.94. The maximum Gasteiger partial charge on any atom is 0.365 e. The zero-order valence-electron chi connectivity index (χ0n) is 15.5. The smallest absolute Gasteiger partial charge is 0.365 e. The first-order valence-electron chi connectivity index (χ1n) is 8.35. The van der Waals surface area contributed by atoms with Gasteiger partial charge in [0.15, 0.2) is 11.5 Å². The maximum absolute atomic E-state index is 12.2. The minimum atomic E-state index is -0.734. The van der Waals surface area contributed by atoms with Crippen molar-refractivity contribution in [2.24, 2.45) is 5.16 Å². The molecule has 28 heavy (non-hydrogen) atoms. The normalized spacial score (nSPS) is 17.0. The summed E-state index contributed by atoms with van der Waals surface area (Å²) in [6.45, 7) is 2.09. The van der Waals surface area contributed by atoms with Crippen molar-refractivity contribution in [3.8, 4) is 11.5 Å². The topological polar surface area (TPSA) is 109 Å². The number of ether oxygens (including phenoxy) is 3. The molecule has 1 unspecified atom stereocenters. The lowest BCUT2D eigenvalue weighted by molar-refractivity contribution is -0.384. The lowest BCUT2D eigenvalue weighted by atomic mass is 9.96. The molecule has 0 saturated heterocycles. The Morgan fingerprint density at radius 3 is 2.50 bits per heavy atom. The molecule has 0 N–H and O–H groups in total. The molecule has 0 aromatic heterocycles. The van der Waals surface area contributed by atoms with Gasteiger partial charge in [0, 0.05) is 23.3 Å². The monoisotopic (exact) mass is 386 g/mol. The molecule has 3 rings (SSSR count). The number of methoxy groups -OCH3 is 2. The van der Waals surface area contributed by atoms with Crippen LogP contribution in [-0.4, -0.2) is 36.9 Å². The summed E-state index contributed by atoms with van der Waals surface area (Å²) in [4.78, 5) is 27.4. The van der Waals surface area contributed by atoms with E-state index in [1.54, 1.807) is 19.1 Å². The summed E-state index contributed by atoms with van der Waals surface area (Å²) in [6, 6.07) is 8.61. The highest BCUT2D eigenvalue weighted by Crippen LogP contribution is 2.37. The largest absolute Gasteiger partial charge is 0.493 e. The standard InChI is InChI=1S/C19H18N2O7/c1-11-17(14-8-9-16(25-2)18(26-3)15(14)10-27-11)20-28-19(22)12-4-6-13(7-5-12)21(23)24/h4-9,11H,10H2,1-3H3/b20-17-. The van der Waals surface area contributed by atoms with E-state index in [4.69, 9.17) is 19.0 Å². The van der Waals surface area contributed by atoms with Crippen molar-refractivity contribution in [3.63, 3.8) is 0 Å². The molecule has 1 aliphatic rings. The van der Waals surface area contributed by atoms with E-state index in [-0.39, 0.29) is 11.3 Å². The van der Waals surface area contributed by atoms with Crippen molar-refractivity contribution >= 4 is 17.4 Å². The number of nitro groups is 1. The van der Waals surface area contributed by atoms with Crippen LogP contribution in [0.15, 0.2) is 41.6 Å². The molecule has 0 spiro atoms. The number of nitro benzene ring substituents is 1. The molecular weight excluding hydrogens is 368 g/mol. The van der Waals surface area contributed by atoms with Gasteiger partial charge in [0.25, 0.3) is 5.69 Å². The number of carbonyl (C=O) groups excluding carboxylic acids is 1. The highest BCUT2D eigenvalue weighted by atomic mass is 16.7. The average Bonchev–Trinajstić information content (AvgIpc) is 2.71. The summed E-state index contributed by atoms with van der Waals surface area (Å²) in [5.74, 6) is 0.352. The number of rotatable bonds is 5. The van der Waals surface area contributed by atoms with E-state index in [0.717, 1.165) is 11.1 Å². The van der Waals surface area contributed by atoms with Gasteiger partial charge in [-0.3, -0.25) is 10.1 Å². The Bertz CT molecular complexity index is 938. The van der Waals surface area contributed by atoms with E-state index in [2.05, 4.69) is 5.16 Å². The minimum absolute atomic E-state index is 0.118. The molecule has 2 aromatic carbocycles. The Hall–Kier alpha value is -3.46. The van der Waals surface area contributed by atoms with Crippen molar-refractivity contribution in [1.29, 1.82) is 0 Å². The summed E-state index contributed by atoms with van der Waals surface area (Å²) >= 11 is 0. The van der Waals surface area contributed by atoms with E-state index in [0.29, 0.717) is 23.8 Å². The van der Waals surface area contributed by atoms with Gasteiger partial charge in [-0.1, -0.05) is 5.16 Å². The summed E-state index contributed by atoms with van der Waals surface area (Å²) in [7, 11) is 3.07. The predicted octanol–water partition coefficient (Wildman–Crippen LogP) is 3.09. The van der Waals surface area contributed by atoms with Crippen LogP contribution in [0, 0.1) is 10.1 Å². The van der Waals surface area contributed by atoms with E-state index in [9.17, 15) is 14.9 Å². The van der Waals surface area contributed by atoms with Gasteiger partial charge in [-0.05, 0) is 31.2 Å². The first kappa shape index (κ1) is 19.3. The van der Waals surface area contributed by atoms with Gasteiger partial charge in [0.1, 0.15) is 11.8 Å². The third-order valence-corrected chi connectivity index (χ3v) is 4.33. The number of oxime groups is 1. The number of non-ortho nitro benzene ring substituents is 1. The van der Waals surface area contributed by atoms with E-state index >= 15 is 0 Å². The van der Waals surface area contributed by atoms with Gasteiger partial charge in [-0.15, -0.1) is 0 Å². The van der Waals surface area contributed by atoms with Crippen LogP contribution in [0.25, 0.3) is 0 Å². The first-order chi connectivity index (χ1) is 13.5. The van der Waals surface area contributed by atoms with E-state index in [1.165, 1.54) is 38.5 Å². The molecule has 0 amide bonds. The molecule has 2 aromatic rings. The van der Waals surface area contributed by atoms with Crippen LogP contribution in [0.3, 0.4) is 0 Å². The van der Waals surface area contributed by atoms with Crippen LogP contribution in [0.1, 0.15) is 28.4 Å². The van der Waals surface area contributed by atoms with Crippen molar-refractivity contribution in [3.05, 3.63) is 63.2 Å². The number of hydrogen-bond acceptors (Lipinski definition) is 8. The minimum Gasteiger partial charge on any atom is -0.493 e. The molecular formula is C19H18N2O7. The molecule has 1 heterocycles. The van der Waals surface area contributed by atoms with Crippen molar-refractivity contribution in [1.82, 2.24) is 0 Å². The molecule has 0 bridgehead atoms. The van der Waals surface area contributed by atoms with Crippen LogP contribution in [0.5, 0.6) is 11.5 Å². The summed E-state index contributed by atoms with van der Waals surface area (Å²) in [5.41, 5.74) is 1.93. The fraction of sp³-hybridized carbons (Fsp3) is 0.263. The Kier molecular flexibility index (Phi) is 5.55. The van der Waals surface area contributed by atoms with Crippen LogP contribution in [0.2, 0.25) is 0 Å². The number of nitrogens with zero attached hydrogens (tertiary/aromatic N) is 2. The first-order valence-corrected chi connectivity index (χ1v) is 8.35. The molecule has 0 radical (unpaired) electrons. The van der Waals surface area contributed by atoms with Gasteiger partial charge in [0.2, 0.25) is 0 Å². The molecule has 1 aliphatic heterocycles. The molecule has 9 heteroatoms. The Morgan fingerprint density at radius 2 is 1.89 bits per heavy atom. The van der Waals surface area contributed by atoms with Crippen LogP contribution in [-0.2, 0) is 16.2 Å². The third kappa shape index (κ3) is 3.65. The van der Waals surface area contributed by atoms with Gasteiger partial charge >= 0.3 is 5.97 Å². The van der Waals surface area contributed by atoms with Crippen LogP contribution in [0.4, 0.5) is 5.69 Å². The molecule has 1 atom stereocenters. The molecule has 146 valence electrons. The second kappa shape index (κ2) is 8.05. The number of fused-ring (bicyclic) bond motifs is 1. The second-order valence-electron chi connectivity index (χ2n) is 5.94. The predicted molar refractivity (Wildman–Crippen MR) is 98.8 cm³/mol. The molecule has 0 saturated carbocycles. The number of benzene rings is 2. The maximum atomic E-state index is 12.2. The van der Waals surface area contributed by atoms with Gasteiger partial charge in [0.05, 0.1) is 31.3 Å². The fourth-order valence-electron chi connectivity index (χ4n) is 2.87. The van der Waals surface area contributed by atoms with E-state index < -0.39 is 17.0 Å². The fourth-order valence-corrected chi connectivity index (χ4v) is 2.87. The quantitative estimate of drug-likeness (QED) is 0.441. The molecule has 9 nitrogen and oxygen atoms in total.